The molecule has 1 fully saturated rings. The largest absolute Gasteiger partial charge is 0.504 e. The standard InChI is InChI=1S/C26H25ClF3N7O5/c1-11-9-42-4-3-37(11)16-6-15(20(27)23(30)34-16)33-17(38)8-36-7-13(18-25(36)32-10-35(2)26(18)41)12-5-14(28)22(39)19(21(12)29)24(31)40/h5-7,10-11,24,39-40H,3-4,8-9,31H2,1-2H3,(H,33,34,38)/t11-,24?/m0/s1. The average Bonchev–Trinajstić information content (AvgIpc) is 3.29. The van der Waals surface area contributed by atoms with Gasteiger partial charge in [-0.25, -0.2) is 18.7 Å². The zero-order valence-electron chi connectivity index (χ0n) is 22.2. The Balaban J connectivity index is 1.55. The first-order valence-corrected chi connectivity index (χ1v) is 13.0. The topological polar surface area (TPSA) is 161 Å². The van der Waals surface area contributed by atoms with E-state index in [9.17, 15) is 28.6 Å². The Kier molecular flexibility index (Phi) is 7.85. The lowest BCUT2D eigenvalue weighted by Crippen LogP contribution is -2.44. The number of aromatic hydroxyl groups is 1. The molecule has 16 heteroatoms. The van der Waals surface area contributed by atoms with Gasteiger partial charge in [-0.3, -0.25) is 9.59 Å². The molecule has 5 rings (SSSR count). The molecule has 12 nitrogen and oxygen atoms in total. The molecular weight excluding hydrogens is 583 g/mol. The molecule has 1 saturated heterocycles. The van der Waals surface area contributed by atoms with Crippen LogP contribution in [0.2, 0.25) is 5.02 Å². The van der Waals surface area contributed by atoms with Crippen molar-refractivity contribution < 1.29 is 32.9 Å². The van der Waals surface area contributed by atoms with Gasteiger partial charge < -0.3 is 40.0 Å². The number of carbonyl (C=O) groups is 1. The Morgan fingerprint density at radius 3 is 2.74 bits per heavy atom. The molecule has 4 heterocycles. The number of aromatic nitrogens is 4. The quantitative estimate of drug-likeness (QED) is 0.191. The van der Waals surface area contributed by atoms with Crippen molar-refractivity contribution in [2.24, 2.45) is 12.8 Å². The Bertz CT molecular complexity index is 1780. The molecule has 1 unspecified atom stereocenters. The van der Waals surface area contributed by atoms with E-state index in [1.807, 2.05) is 11.8 Å². The summed E-state index contributed by atoms with van der Waals surface area (Å²) in [6.07, 6.45) is 0.294. The van der Waals surface area contributed by atoms with Crippen LogP contribution in [0.1, 0.15) is 18.7 Å². The molecule has 0 spiro atoms. The predicted octanol–water partition coefficient (Wildman–Crippen LogP) is 2.39. The number of aryl methyl sites for hydroxylation is 1. The van der Waals surface area contributed by atoms with Crippen LogP contribution in [0.15, 0.2) is 29.5 Å². The van der Waals surface area contributed by atoms with Crippen LogP contribution >= 0.6 is 11.6 Å². The lowest BCUT2D eigenvalue weighted by molar-refractivity contribution is -0.116. The second kappa shape index (κ2) is 11.2. The first-order chi connectivity index (χ1) is 19.9. The van der Waals surface area contributed by atoms with Crippen molar-refractivity contribution in [2.75, 3.05) is 30.0 Å². The number of anilines is 2. The second-order valence-electron chi connectivity index (χ2n) is 9.76. The highest BCUT2D eigenvalue weighted by molar-refractivity contribution is 6.33. The van der Waals surface area contributed by atoms with Crippen LogP contribution in [-0.2, 0) is 23.1 Å². The molecule has 4 aromatic rings. The number of phenolic OH excluding ortho intramolecular Hbond substituents is 1. The third-order valence-corrected chi connectivity index (χ3v) is 7.26. The predicted molar refractivity (Wildman–Crippen MR) is 147 cm³/mol. The minimum atomic E-state index is -2.07. The summed E-state index contributed by atoms with van der Waals surface area (Å²) in [5.74, 6) is -5.24. The lowest BCUT2D eigenvalue weighted by Gasteiger charge is -2.34. The molecule has 1 aromatic carbocycles. The summed E-state index contributed by atoms with van der Waals surface area (Å²) in [5, 5.41) is 21.6. The monoisotopic (exact) mass is 607 g/mol. The molecule has 0 aliphatic carbocycles. The fourth-order valence-corrected chi connectivity index (χ4v) is 4.97. The molecular formula is C26H25ClF3N7O5. The van der Waals surface area contributed by atoms with Crippen molar-refractivity contribution in [2.45, 2.75) is 25.7 Å². The first kappa shape index (κ1) is 29.3. The molecule has 0 radical (unpaired) electrons. The molecule has 0 saturated carbocycles. The number of morpholine rings is 1. The summed E-state index contributed by atoms with van der Waals surface area (Å²) in [7, 11) is 1.39. The van der Waals surface area contributed by atoms with E-state index < -0.39 is 63.7 Å². The number of aliphatic hydroxyl groups is 1. The molecule has 1 aliphatic heterocycles. The summed E-state index contributed by atoms with van der Waals surface area (Å²) < 4.78 is 52.3. The van der Waals surface area contributed by atoms with E-state index in [1.54, 1.807) is 0 Å². The van der Waals surface area contributed by atoms with Crippen LogP contribution in [0.5, 0.6) is 5.75 Å². The highest BCUT2D eigenvalue weighted by Gasteiger charge is 2.27. The summed E-state index contributed by atoms with van der Waals surface area (Å²) in [4.78, 5) is 36.1. The number of rotatable bonds is 6. The number of carbonyl (C=O) groups excluding carboxylic acids is 1. The minimum absolute atomic E-state index is 0.0548. The number of benzene rings is 1. The van der Waals surface area contributed by atoms with Gasteiger partial charge in [-0.2, -0.15) is 4.39 Å². The second-order valence-corrected chi connectivity index (χ2v) is 10.1. The number of fused-ring (bicyclic) bond motifs is 1. The number of halogens is 4. The Labute approximate surface area is 240 Å². The van der Waals surface area contributed by atoms with E-state index in [0.717, 1.165) is 4.57 Å². The molecule has 2 atom stereocenters. The molecule has 5 N–H and O–H groups in total. The minimum Gasteiger partial charge on any atom is -0.504 e. The van der Waals surface area contributed by atoms with Crippen LogP contribution in [-0.4, -0.2) is 61.0 Å². The average molecular weight is 608 g/mol. The van der Waals surface area contributed by atoms with Crippen molar-refractivity contribution in [3.8, 4) is 16.9 Å². The molecule has 3 aromatic heterocycles. The van der Waals surface area contributed by atoms with Gasteiger partial charge in [0.05, 0.1) is 42.2 Å². The number of phenols is 1. The number of amides is 1. The molecule has 0 bridgehead atoms. The molecule has 42 heavy (non-hydrogen) atoms. The number of hydrogen-bond acceptors (Lipinski definition) is 9. The normalized spacial score (nSPS) is 16.2. The number of ether oxygens (including phenoxy) is 1. The van der Waals surface area contributed by atoms with E-state index in [0.29, 0.717) is 25.8 Å². The van der Waals surface area contributed by atoms with Crippen LogP contribution < -0.4 is 21.5 Å². The third kappa shape index (κ3) is 5.15. The fourth-order valence-electron chi connectivity index (χ4n) is 4.83. The van der Waals surface area contributed by atoms with Crippen molar-refractivity contribution in [1.82, 2.24) is 19.1 Å². The van der Waals surface area contributed by atoms with Gasteiger partial charge in [-0.1, -0.05) is 11.6 Å². The third-order valence-electron chi connectivity index (χ3n) is 6.90. The maximum absolute atomic E-state index is 15.4. The van der Waals surface area contributed by atoms with Crippen molar-refractivity contribution >= 4 is 40.0 Å². The summed E-state index contributed by atoms with van der Waals surface area (Å²) in [6, 6.07) is 1.95. The highest BCUT2D eigenvalue weighted by atomic mass is 35.5. The van der Waals surface area contributed by atoms with Gasteiger partial charge in [-0.15, -0.1) is 0 Å². The van der Waals surface area contributed by atoms with Crippen LogP contribution in [0.4, 0.5) is 24.7 Å². The van der Waals surface area contributed by atoms with Gasteiger partial charge >= 0.3 is 0 Å². The van der Waals surface area contributed by atoms with E-state index in [4.69, 9.17) is 22.1 Å². The Hall–Kier alpha value is -4.18. The van der Waals surface area contributed by atoms with Crippen LogP contribution in [0.25, 0.3) is 22.2 Å². The van der Waals surface area contributed by atoms with E-state index in [-0.39, 0.29) is 34.1 Å². The van der Waals surface area contributed by atoms with Gasteiger partial charge in [0.1, 0.15) is 35.1 Å². The van der Waals surface area contributed by atoms with Gasteiger partial charge in [0.25, 0.3) is 5.56 Å². The zero-order valence-corrected chi connectivity index (χ0v) is 23.0. The molecule has 1 amide bonds. The van der Waals surface area contributed by atoms with E-state index >= 15 is 4.39 Å². The Morgan fingerprint density at radius 2 is 2.05 bits per heavy atom. The van der Waals surface area contributed by atoms with Gasteiger partial charge in [-0.05, 0) is 13.0 Å². The smallest absolute Gasteiger partial charge is 0.263 e. The maximum Gasteiger partial charge on any atom is 0.263 e. The van der Waals surface area contributed by atoms with Crippen molar-refractivity contribution in [3.63, 3.8) is 0 Å². The van der Waals surface area contributed by atoms with E-state index in [2.05, 4.69) is 15.3 Å². The van der Waals surface area contributed by atoms with Crippen LogP contribution in [0, 0.1) is 17.6 Å². The SMILES string of the molecule is C[C@H]1COCCN1c1cc(NC(=O)Cn2cc(-c3cc(F)c(O)c(C(N)O)c3F)c3c(=O)n(C)cnc32)c(Cl)c(F)n1. The highest BCUT2D eigenvalue weighted by Crippen LogP contribution is 2.38. The van der Waals surface area contributed by atoms with Crippen LogP contribution in [0.3, 0.4) is 0 Å². The Morgan fingerprint density at radius 1 is 1.31 bits per heavy atom. The lowest BCUT2D eigenvalue weighted by atomic mass is 10.0. The van der Waals surface area contributed by atoms with E-state index in [1.165, 1.54) is 30.2 Å². The first-order valence-electron chi connectivity index (χ1n) is 12.6. The molecule has 222 valence electrons. The summed E-state index contributed by atoms with van der Waals surface area (Å²) in [5.41, 5.74) is 2.96. The fraction of sp³-hybridized carbons (Fsp3) is 0.308. The van der Waals surface area contributed by atoms with Gasteiger partial charge in [0.2, 0.25) is 11.9 Å². The number of nitrogens with two attached hydrogens (primary N) is 1. The van der Waals surface area contributed by atoms with Crippen molar-refractivity contribution in [3.05, 3.63) is 63.2 Å². The number of nitrogens with one attached hydrogen (secondary N) is 1. The van der Waals surface area contributed by atoms with Gasteiger partial charge in [0, 0.05) is 37.0 Å². The molecule has 1 aliphatic rings. The summed E-state index contributed by atoms with van der Waals surface area (Å²) in [6.45, 7) is 2.62. The number of nitrogens with zero attached hydrogens (tertiary/aromatic N) is 5. The summed E-state index contributed by atoms with van der Waals surface area (Å²) >= 11 is 6.10. The number of hydrogen-bond donors (Lipinski definition) is 4. The maximum atomic E-state index is 15.4. The van der Waals surface area contributed by atoms with Gasteiger partial charge in [0.15, 0.2) is 11.6 Å². The van der Waals surface area contributed by atoms with Crippen molar-refractivity contribution in [1.29, 1.82) is 0 Å². The zero-order chi connectivity index (χ0) is 30.5. The number of pyridine rings is 1. The number of aliphatic hydroxyl groups excluding tert-OH is 1.